The predicted octanol–water partition coefficient (Wildman–Crippen LogP) is 2.17. The highest BCUT2D eigenvalue weighted by molar-refractivity contribution is 5.80. The van der Waals surface area contributed by atoms with Gasteiger partial charge in [0.2, 0.25) is 0 Å². The lowest BCUT2D eigenvalue weighted by Crippen LogP contribution is -1.95. The predicted molar refractivity (Wildman–Crippen MR) is 63.7 cm³/mol. The van der Waals surface area contributed by atoms with Gasteiger partial charge in [-0.3, -0.25) is 4.98 Å². The van der Waals surface area contributed by atoms with Crippen molar-refractivity contribution in [2.45, 2.75) is 13.3 Å². The normalized spacial score (nSPS) is 10.6. The highest BCUT2D eigenvalue weighted by Crippen LogP contribution is 2.19. The summed E-state index contributed by atoms with van der Waals surface area (Å²) in [6.45, 7) is 2.77. The molecule has 1 N–H and O–H groups in total. The van der Waals surface area contributed by atoms with Crippen LogP contribution in [0.4, 0.5) is 0 Å². The van der Waals surface area contributed by atoms with E-state index < -0.39 is 0 Å². The number of hydrogen-bond acceptors (Lipinski definition) is 3. The highest BCUT2D eigenvalue weighted by Gasteiger charge is 2.00. The molecule has 1 heterocycles. The summed E-state index contributed by atoms with van der Waals surface area (Å²) in [5.74, 6) is 0.867. The third kappa shape index (κ3) is 2.31. The minimum absolute atomic E-state index is 0.134. The van der Waals surface area contributed by atoms with E-state index in [2.05, 4.69) is 4.98 Å². The van der Waals surface area contributed by atoms with Crippen molar-refractivity contribution in [3.05, 3.63) is 36.0 Å². The summed E-state index contributed by atoms with van der Waals surface area (Å²) in [4.78, 5) is 4.45. The Morgan fingerprint density at radius 3 is 2.88 bits per heavy atom. The molecule has 16 heavy (non-hydrogen) atoms. The van der Waals surface area contributed by atoms with Crippen molar-refractivity contribution in [1.82, 2.24) is 4.98 Å². The molecule has 0 saturated heterocycles. The average molecular weight is 217 g/mol. The van der Waals surface area contributed by atoms with E-state index in [1.54, 1.807) is 0 Å². The van der Waals surface area contributed by atoms with Gasteiger partial charge in [0.15, 0.2) is 0 Å². The van der Waals surface area contributed by atoms with Gasteiger partial charge in [-0.1, -0.05) is 6.07 Å². The number of nitrogens with zero attached hydrogens (tertiary/aromatic N) is 1. The molecular formula is C13H15NO2. The highest BCUT2D eigenvalue weighted by atomic mass is 16.5. The molecule has 2 aromatic rings. The monoisotopic (exact) mass is 217 g/mol. The van der Waals surface area contributed by atoms with Crippen LogP contribution in [0, 0.1) is 0 Å². The molecule has 0 saturated carbocycles. The molecule has 2 rings (SSSR count). The summed E-state index contributed by atoms with van der Waals surface area (Å²) >= 11 is 0. The zero-order chi connectivity index (χ0) is 11.4. The van der Waals surface area contributed by atoms with Gasteiger partial charge in [0.25, 0.3) is 0 Å². The first-order valence-electron chi connectivity index (χ1n) is 5.47. The molecule has 84 valence electrons. The van der Waals surface area contributed by atoms with Crippen LogP contribution < -0.4 is 4.74 Å². The molecule has 3 nitrogen and oxygen atoms in total. The quantitative estimate of drug-likeness (QED) is 0.853. The third-order valence-corrected chi connectivity index (χ3v) is 2.40. The van der Waals surface area contributed by atoms with Crippen LogP contribution in [0.1, 0.15) is 12.6 Å². The molecule has 0 spiro atoms. The van der Waals surface area contributed by atoms with Gasteiger partial charge in [0.1, 0.15) is 5.75 Å². The number of ether oxygens (including phenoxy) is 1. The number of hydrogen-bond donors (Lipinski definition) is 1. The van der Waals surface area contributed by atoms with Gasteiger partial charge in [-0.15, -0.1) is 0 Å². The molecular weight excluding hydrogens is 202 g/mol. The molecule has 0 aliphatic heterocycles. The van der Waals surface area contributed by atoms with E-state index in [1.807, 2.05) is 37.3 Å². The summed E-state index contributed by atoms with van der Waals surface area (Å²) in [5.41, 5.74) is 1.86. The first-order chi connectivity index (χ1) is 7.83. The number of aromatic nitrogens is 1. The minimum Gasteiger partial charge on any atom is -0.494 e. The molecule has 0 radical (unpaired) electrons. The van der Waals surface area contributed by atoms with E-state index in [0.29, 0.717) is 13.0 Å². The number of aliphatic hydroxyl groups excluding tert-OH is 1. The van der Waals surface area contributed by atoms with Crippen molar-refractivity contribution in [1.29, 1.82) is 0 Å². The van der Waals surface area contributed by atoms with Gasteiger partial charge in [-0.25, -0.2) is 0 Å². The van der Waals surface area contributed by atoms with Crippen LogP contribution in [-0.4, -0.2) is 23.3 Å². The van der Waals surface area contributed by atoms with Gasteiger partial charge in [0.05, 0.1) is 12.1 Å². The van der Waals surface area contributed by atoms with Crippen molar-refractivity contribution < 1.29 is 9.84 Å². The Bertz CT molecular complexity index is 437. The van der Waals surface area contributed by atoms with Crippen LogP contribution in [-0.2, 0) is 6.42 Å². The van der Waals surface area contributed by atoms with Gasteiger partial charge < -0.3 is 9.84 Å². The smallest absolute Gasteiger partial charge is 0.120 e. The van der Waals surface area contributed by atoms with E-state index in [9.17, 15) is 0 Å². The second-order valence-electron chi connectivity index (χ2n) is 3.56. The first kappa shape index (κ1) is 10.9. The fourth-order valence-corrected chi connectivity index (χ4v) is 1.66. The average Bonchev–Trinajstić information content (AvgIpc) is 2.30. The second-order valence-corrected chi connectivity index (χ2v) is 3.56. The van der Waals surface area contributed by atoms with Gasteiger partial charge in [-0.05, 0) is 31.2 Å². The Morgan fingerprint density at radius 1 is 1.25 bits per heavy atom. The largest absolute Gasteiger partial charge is 0.494 e. The fourth-order valence-electron chi connectivity index (χ4n) is 1.66. The molecule has 3 heteroatoms. The molecule has 0 bridgehead atoms. The van der Waals surface area contributed by atoms with Gasteiger partial charge in [-0.2, -0.15) is 0 Å². The van der Waals surface area contributed by atoms with Crippen LogP contribution in [0.15, 0.2) is 30.3 Å². The maximum absolute atomic E-state index is 8.85. The van der Waals surface area contributed by atoms with Gasteiger partial charge in [0, 0.05) is 24.1 Å². The van der Waals surface area contributed by atoms with Crippen molar-refractivity contribution in [3.8, 4) is 5.75 Å². The van der Waals surface area contributed by atoms with Gasteiger partial charge >= 0.3 is 0 Å². The molecule has 0 aliphatic rings. The number of pyridine rings is 1. The van der Waals surface area contributed by atoms with Crippen molar-refractivity contribution in [3.63, 3.8) is 0 Å². The Kier molecular flexibility index (Phi) is 3.37. The van der Waals surface area contributed by atoms with Crippen molar-refractivity contribution >= 4 is 10.9 Å². The molecule has 1 aromatic carbocycles. The maximum Gasteiger partial charge on any atom is 0.120 e. The Balaban J connectivity index is 2.36. The van der Waals surface area contributed by atoms with Crippen molar-refractivity contribution in [2.75, 3.05) is 13.2 Å². The fraction of sp³-hybridized carbons (Fsp3) is 0.308. The zero-order valence-corrected chi connectivity index (χ0v) is 9.31. The number of fused-ring (bicyclic) bond motifs is 1. The maximum atomic E-state index is 8.85. The van der Waals surface area contributed by atoms with E-state index in [0.717, 1.165) is 22.3 Å². The van der Waals surface area contributed by atoms with Crippen LogP contribution in [0.3, 0.4) is 0 Å². The summed E-state index contributed by atoms with van der Waals surface area (Å²) in [6.07, 6.45) is 0.600. The lowest BCUT2D eigenvalue weighted by Gasteiger charge is -2.05. The zero-order valence-electron chi connectivity index (χ0n) is 9.31. The third-order valence-electron chi connectivity index (χ3n) is 2.40. The number of rotatable bonds is 4. The van der Waals surface area contributed by atoms with E-state index in [-0.39, 0.29) is 6.61 Å². The molecule has 0 unspecified atom stereocenters. The molecule has 1 aromatic heterocycles. The van der Waals surface area contributed by atoms with E-state index in [1.165, 1.54) is 0 Å². The topological polar surface area (TPSA) is 42.4 Å². The molecule has 0 aliphatic carbocycles. The SMILES string of the molecule is CCOc1ccc2nc(CCO)ccc2c1. The molecule has 0 atom stereocenters. The summed E-state index contributed by atoms with van der Waals surface area (Å²) < 4.78 is 5.42. The summed E-state index contributed by atoms with van der Waals surface area (Å²) in [6, 6.07) is 9.79. The van der Waals surface area contributed by atoms with Crippen LogP contribution in [0.25, 0.3) is 10.9 Å². The molecule has 0 fully saturated rings. The van der Waals surface area contributed by atoms with E-state index >= 15 is 0 Å². The lowest BCUT2D eigenvalue weighted by atomic mass is 10.2. The second kappa shape index (κ2) is 4.94. The van der Waals surface area contributed by atoms with Crippen LogP contribution in [0.5, 0.6) is 5.75 Å². The number of benzene rings is 1. The first-order valence-corrected chi connectivity index (χ1v) is 5.47. The van der Waals surface area contributed by atoms with E-state index in [4.69, 9.17) is 9.84 Å². The lowest BCUT2D eigenvalue weighted by molar-refractivity contribution is 0.298. The molecule has 0 amide bonds. The standard InChI is InChI=1S/C13H15NO2/c1-2-16-12-5-6-13-10(9-12)3-4-11(14-13)7-8-15/h3-6,9,15H,2,7-8H2,1H3. The number of aliphatic hydroxyl groups is 1. The van der Waals surface area contributed by atoms with Crippen molar-refractivity contribution in [2.24, 2.45) is 0 Å². The van der Waals surface area contributed by atoms with Crippen LogP contribution in [0.2, 0.25) is 0 Å². The summed E-state index contributed by atoms with van der Waals surface area (Å²) in [5, 5.41) is 9.91. The Labute approximate surface area is 94.7 Å². The van der Waals surface area contributed by atoms with Crippen LogP contribution >= 0.6 is 0 Å². The Hall–Kier alpha value is -1.61. The minimum atomic E-state index is 0.134. The Morgan fingerprint density at radius 2 is 2.12 bits per heavy atom. The summed E-state index contributed by atoms with van der Waals surface area (Å²) in [7, 11) is 0.